The second-order valence-corrected chi connectivity index (χ2v) is 5.28. The van der Waals surface area contributed by atoms with E-state index in [1.54, 1.807) is 6.07 Å². The molecule has 2 rings (SSSR count). The first kappa shape index (κ1) is 12.9. The normalized spacial score (nSPS) is 28.2. The Bertz CT molecular complexity index is 444. The quantitative estimate of drug-likeness (QED) is 0.872. The van der Waals surface area contributed by atoms with Crippen LogP contribution < -0.4 is 0 Å². The van der Waals surface area contributed by atoms with Gasteiger partial charge in [-0.05, 0) is 30.0 Å². The van der Waals surface area contributed by atoms with Gasteiger partial charge in [0.15, 0.2) is 0 Å². The van der Waals surface area contributed by atoms with E-state index >= 15 is 0 Å². The highest BCUT2D eigenvalue weighted by molar-refractivity contribution is 9.10. The van der Waals surface area contributed by atoms with Crippen molar-refractivity contribution in [3.8, 4) is 0 Å². The minimum Gasteiger partial charge on any atom is -0.385 e. The first-order valence-electron chi connectivity index (χ1n) is 5.38. The largest absolute Gasteiger partial charge is 0.417 e. The van der Waals surface area contributed by atoms with E-state index < -0.39 is 17.3 Å². The van der Waals surface area contributed by atoms with Crippen molar-refractivity contribution >= 4 is 15.9 Å². The van der Waals surface area contributed by atoms with Gasteiger partial charge in [-0.1, -0.05) is 35.3 Å². The predicted octanol–water partition coefficient (Wildman–Crippen LogP) is 4.09. The molecule has 5 heteroatoms. The fourth-order valence-electron chi connectivity index (χ4n) is 2.16. The van der Waals surface area contributed by atoms with Crippen molar-refractivity contribution in [1.82, 2.24) is 0 Å². The van der Waals surface area contributed by atoms with Crippen LogP contribution >= 0.6 is 15.9 Å². The van der Waals surface area contributed by atoms with Gasteiger partial charge in [0.2, 0.25) is 0 Å². The maximum atomic E-state index is 12.7. The lowest BCUT2D eigenvalue weighted by atomic mass is 10.0. The molecule has 0 spiro atoms. The fraction of sp³-hybridized carbons (Fsp3) is 0.500. The summed E-state index contributed by atoms with van der Waals surface area (Å²) in [7, 11) is 0. The molecule has 1 saturated carbocycles. The maximum absolute atomic E-state index is 12.7. The van der Waals surface area contributed by atoms with Gasteiger partial charge in [-0.3, -0.25) is 0 Å². The zero-order chi connectivity index (χ0) is 12.8. The monoisotopic (exact) mass is 308 g/mol. The Morgan fingerprint density at radius 2 is 2.12 bits per heavy atom. The predicted molar refractivity (Wildman–Crippen MR) is 61.4 cm³/mol. The minimum absolute atomic E-state index is 0.00560. The third-order valence-corrected chi connectivity index (χ3v) is 4.03. The highest BCUT2D eigenvalue weighted by Crippen LogP contribution is 2.54. The SMILES string of the molecule is CCC1CC1(O)c1ccc(Br)c(C(F)(F)F)c1. The number of rotatable bonds is 2. The van der Waals surface area contributed by atoms with Crippen LogP contribution in [0.1, 0.15) is 30.9 Å². The van der Waals surface area contributed by atoms with Gasteiger partial charge in [0.25, 0.3) is 0 Å². The first-order chi connectivity index (χ1) is 7.79. The zero-order valence-electron chi connectivity index (χ0n) is 9.18. The van der Waals surface area contributed by atoms with Crippen molar-refractivity contribution in [3.63, 3.8) is 0 Å². The molecule has 1 nitrogen and oxygen atoms in total. The molecule has 1 aromatic rings. The van der Waals surface area contributed by atoms with Crippen LogP contribution in [-0.4, -0.2) is 5.11 Å². The second kappa shape index (κ2) is 3.99. The Balaban J connectivity index is 2.40. The summed E-state index contributed by atoms with van der Waals surface area (Å²) >= 11 is 2.88. The second-order valence-electron chi connectivity index (χ2n) is 4.43. The van der Waals surface area contributed by atoms with Gasteiger partial charge >= 0.3 is 6.18 Å². The molecule has 2 unspecified atom stereocenters. The van der Waals surface area contributed by atoms with Crippen LogP contribution in [0.25, 0.3) is 0 Å². The van der Waals surface area contributed by atoms with Crippen molar-refractivity contribution in [2.45, 2.75) is 31.5 Å². The van der Waals surface area contributed by atoms with Crippen LogP contribution in [0.15, 0.2) is 22.7 Å². The summed E-state index contributed by atoms with van der Waals surface area (Å²) in [6, 6.07) is 3.94. The summed E-state index contributed by atoms with van der Waals surface area (Å²) in [5, 5.41) is 10.2. The van der Waals surface area contributed by atoms with Crippen LogP contribution in [0.2, 0.25) is 0 Å². The lowest BCUT2D eigenvalue weighted by Crippen LogP contribution is -2.12. The molecule has 1 aliphatic rings. The van der Waals surface area contributed by atoms with E-state index in [9.17, 15) is 18.3 Å². The lowest BCUT2D eigenvalue weighted by molar-refractivity contribution is -0.138. The molecule has 94 valence electrons. The third-order valence-electron chi connectivity index (χ3n) is 3.34. The molecule has 2 atom stereocenters. The standard InChI is InChI=1S/C12H12BrF3O/c1-2-7-6-11(7,17)8-3-4-10(13)9(5-8)12(14,15)16/h3-5,7,17H,2,6H2,1H3. The van der Waals surface area contributed by atoms with Crippen molar-refractivity contribution in [3.05, 3.63) is 33.8 Å². The average Bonchev–Trinajstić information content (AvgIpc) is 2.90. The van der Waals surface area contributed by atoms with Gasteiger partial charge in [0, 0.05) is 4.47 Å². The number of hydrogen-bond acceptors (Lipinski definition) is 1. The highest BCUT2D eigenvalue weighted by atomic mass is 79.9. The summed E-state index contributed by atoms with van der Waals surface area (Å²) in [4.78, 5) is 0. The molecule has 0 saturated heterocycles. The molecule has 1 N–H and O–H groups in total. The van der Waals surface area contributed by atoms with Crippen molar-refractivity contribution < 1.29 is 18.3 Å². The minimum atomic E-state index is -4.40. The molecule has 0 aliphatic heterocycles. The van der Waals surface area contributed by atoms with Crippen LogP contribution in [-0.2, 0) is 11.8 Å². The average molecular weight is 309 g/mol. The van der Waals surface area contributed by atoms with E-state index in [4.69, 9.17) is 0 Å². The lowest BCUT2D eigenvalue weighted by Gasteiger charge is -2.15. The van der Waals surface area contributed by atoms with E-state index in [-0.39, 0.29) is 10.4 Å². The highest BCUT2D eigenvalue weighted by Gasteiger charge is 2.53. The summed E-state index contributed by atoms with van der Waals surface area (Å²) < 4.78 is 38.1. The topological polar surface area (TPSA) is 20.2 Å². The Morgan fingerprint density at radius 1 is 1.47 bits per heavy atom. The third kappa shape index (κ3) is 2.22. The van der Waals surface area contributed by atoms with Gasteiger partial charge in [0.1, 0.15) is 0 Å². The van der Waals surface area contributed by atoms with Crippen molar-refractivity contribution in [2.75, 3.05) is 0 Å². The summed E-state index contributed by atoms with van der Waals surface area (Å²) in [6.07, 6.45) is -3.09. The van der Waals surface area contributed by atoms with Gasteiger partial charge < -0.3 is 5.11 Å². The number of hydrogen-bond donors (Lipinski definition) is 1. The summed E-state index contributed by atoms with van der Waals surface area (Å²) in [5.41, 5.74) is -1.43. The number of alkyl halides is 3. The van der Waals surface area contributed by atoms with E-state index in [1.807, 2.05) is 6.92 Å². The van der Waals surface area contributed by atoms with Crippen LogP contribution in [0, 0.1) is 5.92 Å². The van der Waals surface area contributed by atoms with E-state index in [2.05, 4.69) is 15.9 Å². The van der Waals surface area contributed by atoms with Gasteiger partial charge in [-0.2, -0.15) is 13.2 Å². The molecule has 0 amide bonds. The Morgan fingerprint density at radius 3 is 2.59 bits per heavy atom. The van der Waals surface area contributed by atoms with Crippen LogP contribution in [0.4, 0.5) is 13.2 Å². The Kier molecular flexibility index (Phi) is 3.02. The smallest absolute Gasteiger partial charge is 0.385 e. The van der Waals surface area contributed by atoms with E-state index in [1.165, 1.54) is 6.07 Å². The van der Waals surface area contributed by atoms with Crippen molar-refractivity contribution in [2.24, 2.45) is 5.92 Å². The Hall–Kier alpha value is -0.550. The first-order valence-corrected chi connectivity index (χ1v) is 6.18. The fourth-order valence-corrected chi connectivity index (χ4v) is 2.64. The molecule has 17 heavy (non-hydrogen) atoms. The van der Waals surface area contributed by atoms with Crippen molar-refractivity contribution in [1.29, 1.82) is 0 Å². The molecule has 0 heterocycles. The van der Waals surface area contributed by atoms with E-state index in [0.717, 1.165) is 12.5 Å². The molecule has 0 bridgehead atoms. The van der Waals surface area contributed by atoms with Gasteiger partial charge in [0.05, 0.1) is 11.2 Å². The zero-order valence-corrected chi connectivity index (χ0v) is 10.8. The van der Waals surface area contributed by atoms with Crippen LogP contribution in [0.3, 0.4) is 0 Å². The molecule has 1 aromatic carbocycles. The molecular weight excluding hydrogens is 297 g/mol. The van der Waals surface area contributed by atoms with E-state index in [0.29, 0.717) is 12.0 Å². The molecular formula is C12H12BrF3O. The Labute approximate surface area is 106 Å². The number of halogens is 4. The maximum Gasteiger partial charge on any atom is 0.417 e. The molecule has 0 radical (unpaired) electrons. The summed E-state index contributed by atoms with van der Waals surface area (Å²) in [5.74, 6) is 0.0739. The molecule has 0 aromatic heterocycles. The molecule has 1 fully saturated rings. The number of benzene rings is 1. The van der Waals surface area contributed by atoms with Gasteiger partial charge in [-0.15, -0.1) is 0 Å². The number of aliphatic hydroxyl groups is 1. The van der Waals surface area contributed by atoms with Crippen LogP contribution in [0.5, 0.6) is 0 Å². The summed E-state index contributed by atoms with van der Waals surface area (Å²) in [6.45, 7) is 1.92. The van der Waals surface area contributed by atoms with Gasteiger partial charge in [-0.25, -0.2) is 0 Å². The molecule has 1 aliphatic carbocycles.